The zero-order valence-corrected chi connectivity index (χ0v) is 10.7. The van der Waals surface area contributed by atoms with Gasteiger partial charge < -0.3 is 4.90 Å². The van der Waals surface area contributed by atoms with Crippen molar-refractivity contribution in [2.45, 2.75) is 13.0 Å². The van der Waals surface area contributed by atoms with Gasteiger partial charge in [-0.05, 0) is 17.2 Å². The van der Waals surface area contributed by atoms with Crippen molar-refractivity contribution in [1.82, 2.24) is 9.78 Å². The first-order valence-corrected chi connectivity index (χ1v) is 6.08. The number of hydrogen-bond donors (Lipinski definition) is 0. The van der Waals surface area contributed by atoms with Crippen molar-refractivity contribution in [3.63, 3.8) is 0 Å². The molecule has 0 radical (unpaired) electrons. The molecule has 0 saturated heterocycles. The number of carbonyl (C=O) groups excluding carboxylic acids is 1. The van der Waals surface area contributed by atoms with Gasteiger partial charge in [0.2, 0.25) is 5.91 Å². The average molecular weight is 262 g/mol. The summed E-state index contributed by atoms with van der Waals surface area (Å²) in [5.41, 5.74) is 2.88. The van der Waals surface area contributed by atoms with E-state index < -0.39 is 0 Å². The lowest BCUT2D eigenvalue weighted by Gasteiger charge is -2.28. The Hall–Kier alpha value is -1.81. The fourth-order valence-electron chi connectivity index (χ4n) is 2.24. The molecule has 0 saturated carbocycles. The maximum atomic E-state index is 12.1. The molecule has 1 aromatic carbocycles. The molecule has 0 atom stereocenters. The third-order valence-corrected chi connectivity index (χ3v) is 3.53. The minimum absolute atomic E-state index is 0.0589. The quantitative estimate of drug-likeness (QED) is 0.789. The zero-order valence-electron chi connectivity index (χ0n) is 9.93. The summed E-state index contributed by atoms with van der Waals surface area (Å²) in [5, 5.41) is 4.77. The van der Waals surface area contributed by atoms with Gasteiger partial charge in [0.05, 0.1) is 24.8 Å². The van der Waals surface area contributed by atoms with Crippen LogP contribution in [0.5, 0.6) is 0 Å². The molecule has 3 rings (SSSR count). The number of aryl methyl sites for hydroxylation is 1. The Morgan fingerprint density at radius 3 is 2.94 bits per heavy atom. The molecule has 0 fully saturated rings. The van der Waals surface area contributed by atoms with E-state index in [-0.39, 0.29) is 5.91 Å². The van der Waals surface area contributed by atoms with Gasteiger partial charge in [0.25, 0.3) is 0 Å². The Balaban J connectivity index is 2.00. The number of fused-ring (bicyclic) bond motifs is 1. The van der Waals surface area contributed by atoms with Crippen molar-refractivity contribution < 1.29 is 4.79 Å². The van der Waals surface area contributed by atoms with E-state index in [4.69, 9.17) is 11.6 Å². The van der Waals surface area contributed by atoms with Gasteiger partial charge in [0, 0.05) is 18.3 Å². The molecule has 1 aliphatic rings. The van der Waals surface area contributed by atoms with Crippen LogP contribution in [-0.2, 0) is 24.8 Å². The van der Waals surface area contributed by atoms with Crippen LogP contribution in [0.15, 0.2) is 30.6 Å². The van der Waals surface area contributed by atoms with E-state index in [1.807, 2.05) is 31.4 Å². The molecular formula is C13H12ClN3O. The minimum atomic E-state index is 0.0589. The van der Waals surface area contributed by atoms with E-state index in [0.717, 1.165) is 16.8 Å². The van der Waals surface area contributed by atoms with Gasteiger partial charge in [0.1, 0.15) is 0 Å². The van der Waals surface area contributed by atoms with Gasteiger partial charge >= 0.3 is 0 Å². The second-order valence-electron chi connectivity index (χ2n) is 4.41. The number of amides is 1. The largest absolute Gasteiger partial charge is 0.305 e. The summed E-state index contributed by atoms with van der Waals surface area (Å²) in [6, 6.07) is 5.75. The van der Waals surface area contributed by atoms with Crippen molar-refractivity contribution in [1.29, 1.82) is 0 Å². The summed E-state index contributed by atoms with van der Waals surface area (Å²) in [5.74, 6) is 0.0589. The summed E-state index contributed by atoms with van der Waals surface area (Å²) in [4.78, 5) is 13.9. The van der Waals surface area contributed by atoms with Gasteiger partial charge in [0.15, 0.2) is 0 Å². The zero-order chi connectivity index (χ0) is 12.7. The summed E-state index contributed by atoms with van der Waals surface area (Å²) >= 11 is 6.12. The molecule has 2 heterocycles. The SMILES string of the molecule is Cn1cc(N2Cc3cccc(Cl)c3CC2=O)cn1. The van der Waals surface area contributed by atoms with E-state index >= 15 is 0 Å². The molecule has 1 aromatic heterocycles. The molecule has 0 aliphatic carbocycles. The highest BCUT2D eigenvalue weighted by Gasteiger charge is 2.26. The second-order valence-corrected chi connectivity index (χ2v) is 4.81. The van der Waals surface area contributed by atoms with Crippen LogP contribution in [0.3, 0.4) is 0 Å². The Labute approximate surface area is 110 Å². The van der Waals surface area contributed by atoms with E-state index in [9.17, 15) is 4.79 Å². The van der Waals surface area contributed by atoms with Crippen molar-refractivity contribution in [2.75, 3.05) is 4.90 Å². The number of nitrogens with zero attached hydrogens (tertiary/aromatic N) is 3. The normalized spacial score (nSPS) is 14.8. The molecule has 0 bridgehead atoms. The number of benzene rings is 1. The summed E-state index contributed by atoms with van der Waals surface area (Å²) in [7, 11) is 1.84. The maximum absolute atomic E-state index is 12.1. The van der Waals surface area contributed by atoms with Gasteiger partial charge in [-0.3, -0.25) is 9.48 Å². The molecule has 2 aromatic rings. The molecule has 0 unspecified atom stereocenters. The number of halogens is 1. The highest BCUT2D eigenvalue weighted by atomic mass is 35.5. The Kier molecular flexibility index (Phi) is 2.59. The van der Waals surface area contributed by atoms with E-state index in [1.165, 1.54) is 0 Å². The van der Waals surface area contributed by atoms with Crippen LogP contribution in [0.25, 0.3) is 0 Å². The molecule has 92 valence electrons. The first-order chi connectivity index (χ1) is 8.65. The van der Waals surface area contributed by atoms with Crippen LogP contribution >= 0.6 is 11.6 Å². The van der Waals surface area contributed by atoms with Gasteiger partial charge in [-0.2, -0.15) is 5.10 Å². The first kappa shape index (κ1) is 11.3. The highest BCUT2D eigenvalue weighted by molar-refractivity contribution is 6.31. The second kappa shape index (κ2) is 4.14. The molecule has 4 nitrogen and oxygen atoms in total. The molecular weight excluding hydrogens is 250 g/mol. The summed E-state index contributed by atoms with van der Waals surface area (Å²) < 4.78 is 1.69. The average Bonchev–Trinajstić information content (AvgIpc) is 2.76. The Bertz CT molecular complexity index is 620. The number of hydrogen-bond acceptors (Lipinski definition) is 2. The monoisotopic (exact) mass is 261 g/mol. The van der Waals surface area contributed by atoms with Crippen molar-refractivity contribution in [3.8, 4) is 0 Å². The lowest BCUT2D eigenvalue weighted by molar-refractivity contribution is -0.118. The lowest BCUT2D eigenvalue weighted by Crippen LogP contribution is -2.36. The van der Waals surface area contributed by atoms with Crippen molar-refractivity contribution in [2.24, 2.45) is 7.05 Å². The standard InChI is InChI=1S/C13H12ClN3O/c1-16-8-10(6-15-16)17-7-9-3-2-4-12(14)11(9)5-13(17)18/h2-4,6,8H,5,7H2,1H3. The van der Waals surface area contributed by atoms with Gasteiger partial charge in [-0.25, -0.2) is 0 Å². The molecule has 1 aliphatic heterocycles. The van der Waals surface area contributed by atoms with Crippen LogP contribution in [0.1, 0.15) is 11.1 Å². The van der Waals surface area contributed by atoms with E-state index in [1.54, 1.807) is 15.8 Å². The van der Waals surface area contributed by atoms with Crippen molar-refractivity contribution in [3.05, 3.63) is 46.7 Å². The number of aromatic nitrogens is 2. The molecule has 1 amide bonds. The third kappa shape index (κ3) is 1.78. The van der Waals surface area contributed by atoms with E-state index in [0.29, 0.717) is 18.0 Å². The van der Waals surface area contributed by atoms with Crippen LogP contribution < -0.4 is 4.90 Å². The van der Waals surface area contributed by atoms with E-state index in [2.05, 4.69) is 5.10 Å². The summed E-state index contributed by atoms with van der Waals surface area (Å²) in [6.45, 7) is 0.556. The molecule has 5 heteroatoms. The third-order valence-electron chi connectivity index (χ3n) is 3.18. The molecule has 0 N–H and O–H groups in total. The lowest BCUT2D eigenvalue weighted by atomic mass is 9.99. The molecule has 18 heavy (non-hydrogen) atoms. The minimum Gasteiger partial charge on any atom is -0.305 e. The predicted molar refractivity (Wildman–Crippen MR) is 69.6 cm³/mol. The van der Waals surface area contributed by atoms with Crippen LogP contribution in [0.2, 0.25) is 5.02 Å². The van der Waals surface area contributed by atoms with Gasteiger partial charge in [-0.15, -0.1) is 0 Å². The summed E-state index contributed by atoms with van der Waals surface area (Å²) in [6.07, 6.45) is 3.89. The number of anilines is 1. The number of rotatable bonds is 1. The van der Waals surface area contributed by atoms with Crippen LogP contribution in [-0.4, -0.2) is 15.7 Å². The van der Waals surface area contributed by atoms with Crippen molar-refractivity contribution >= 4 is 23.2 Å². The maximum Gasteiger partial charge on any atom is 0.231 e. The van der Waals surface area contributed by atoms with Crippen LogP contribution in [0.4, 0.5) is 5.69 Å². The number of carbonyl (C=O) groups is 1. The predicted octanol–water partition coefficient (Wildman–Crippen LogP) is 2.16. The fourth-order valence-corrected chi connectivity index (χ4v) is 2.50. The Morgan fingerprint density at radius 2 is 2.22 bits per heavy atom. The van der Waals surface area contributed by atoms with Gasteiger partial charge in [-0.1, -0.05) is 23.7 Å². The van der Waals surface area contributed by atoms with Crippen LogP contribution in [0, 0.1) is 0 Å². The highest BCUT2D eigenvalue weighted by Crippen LogP contribution is 2.29. The first-order valence-electron chi connectivity index (χ1n) is 5.70. The topological polar surface area (TPSA) is 38.1 Å². The Morgan fingerprint density at radius 1 is 1.39 bits per heavy atom. The fraction of sp³-hybridized carbons (Fsp3) is 0.231. The molecule has 0 spiro atoms. The smallest absolute Gasteiger partial charge is 0.231 e.